The fourth-order valence-electron chi connectivity index (χ4n) is 3.07. The second kappa shape index (κ2) is 8.45. The van der Waals surface area contributed by atoms with Crippen molar-refractivity contribution in [3.05, 3.63) is 47.5 Å². The first-order chi connectivity index (χ1) is 12.5. The van der Waals surface area contributed by atoms with E-state index in [9.17, 15) is 9.59 Å². The molecule has 1 aromatic heterocycles. The van der Waals surface area contributed by atoms with Gasteiger partial charge in [-0.2, -0.15) is 0 Å². The molecular weight excluding hydrogens is 346 g/mol. The van der Waals surface area contributed by atoms with Crippen molar-refractivity contribution < 1.29 is 9.59 Å². The van der Waals surface area contributed by atoms with Gasteiger partial charge in [-0.3, -0.25) is 9.59 Å². The minimum Gasteiger partial charge on any atom is -0.333 e. The quantitative estimate of drug-likeness (QED) is 0.768. The van der Waals surface area contributed by atoms with Crippen LogP contribution in [0, 0.1) is 11.8 Å². The SMILES string of the molecule is CC(C)CCN(CC(=O)Nc1nccs1)C(=O)C1CC1c1ccccc1. The molecule has 3 rings (SSSR count). The van der Waals surface area contributed by atoms with Crippen LogP contribution < -0.4 is 5.32 Å². The Kier molecular flexibility index (Phi) is 6.04. The van der Waals surface area contributed by atoms with Crippen molar-refractivity contribution in [2.24, 2.45) is 11.8 Å². The summed E-state index contributed by atoms with van der Waals surface area (Å²) in [5.74, 6) is 0.670. The van der Waals surface area contributed by atoms with Gasteiger partial charge in [-0.15, -0.1) is 11.3 Å². The molecule has 2 aromatic rings. The lowest BCUT2D eigenvalue weighted by Crippen LogP contribution is -2.40. The lowest BCUT2D eigenvalue weighted by molar-refractivity contribution is -0.136. The minimum absolute atomic E-state index is 0.00257. The summed E-state index contributed by atoms with van der Waals surface area (Å²) in [6.45, 7) is 4.95. The van der Waals surface area contributed by atoms with Crippen molar-refractivity contribution in [2.75, 3.05) is 18.4 Å². The van der Waals surface area contributed by atoms with E-state index in [4.69, 9.17) is 0 Å². The molecule has 2 unspecified atom stereocenters. The van der Waals surface area contributed by atoms with Gasteiger partial charge in [0.1, 0.15) is 0 Å². The molecule has 0 saturated heterocycles. The van der Waals surface area contributed by atoms with Gasteiger partial charge in [0.25, 0.3) is 0 Å². The first kappa shape index (κ1) is 18.6. The zero-order chi connectivity index (χ0) is 18.5. The third kappa shape index (κ3) is 4.91. The molecule has 5 nitrogen and oxygen atoms in total. The zero-order valence-corrected chi connectivity index (χ0v) is 16.0. The number of carbonyl (C=O) groups excluding carboxylic acids is 2. The van der Waals surface area contributed by atoms with Gasteiger partial charge in [-0.05, 0) is 30.2 Å². The molecule has 0 aliphatic heterocycles. The Morgan fingerprint density at radius 2 is 2.08 bits per heavy atom. The Balaban J connectivity index is 1.61. The maximum absolute atomic E-state index is 13.0. The number of amides is 2. The predicted octanol–water partition coefficient (Wildman–Crippen LogP) is 3.76. The average molecular weight is 372 g/mol. The maximum Gasteiger partial charge on any atom is 0.245 e. The van der Waals surface area contributed by atoms with Gasteiger partial charge in [0.05, 0.1) is 6.54 Å². The number of thiazole rings is 1. The van der Waals surface area contributed by atoms with E-state index in [1.807, 2.05) is 23.6 Å². The Morgan fingerprint density at radius 1 is 1.31 bits per heavy atom. The monoisotopic (exact) mass is 371 g/mol. The van der Waals surface area contributed by atoms with E-state index in [1.54, 1.807) is 11.1 Å². The standard InChI is InChI=1S/C20H25N3O2S/c1-14(2)8-10-23(13-18(24)22-20-21-9-11-26-20)19(25)17-12-16(17)15-6-4-3-5-7-15/h3-7,9,11,14,16-17H,8,10,12-13H2,1-2H3,(H,21,22,24). The summed E-state index contributed by atoms with van der Waals surface area (Å²) in [5.41, 5.74) is 1.21. The van der Waals surface area contributed by atoms with Crippen LogP contribution in [-0.4, -0.2) is 34.8 Å². The highest BCUT2D eigenvalue weighted by molar-refractivity contribution is 7.13. The number of hydrogen-bond donors (Lipinski definition) is 1. The zero-order valence-electron chi connectivity index (χ0n) is 15.2. The molecule has 0 spiro atoms. The van der Waals surface area contributed by atoms with Crippen LogP contribution >= 0.6 is 11.3 Å². The van der Waals surface area contributed by atoms with Crippen LogP contribution in [0.15, 0.2) is 41.9 Å². The molecule has 2 amide bonds. The van der Waals surface area contributed by atoms with Crippen molar-refractivity contribution in [3.63, 3.8) is 0 Å². The third-order valence-electron chi connectivity index (χ3n) is 4.64. The van der Waals surface area contributed by atoms with Gasteiger partial charge < -0.3 is 10.2 Å². The second-order valence-corrected chi connectivity index (χ2v) is 8.08. The van der Waals surface area contributed by atoms with E-state index in [1.165, 1.54) is 16.9 Å². The number of nitrogens with one attached hydrogen (secondary N) is 1. The molecule has 26 heavy (non-hydrogen) atoms. The first-order valence-electron chi connectivity index (χ1n) is 9.07. The number of benzene rings is 1. The summed E-state index contributed by atoms with van der Waals surface area (Å²) in [6, 6.07) is 10.2. The van der Waals surface area contributed by atoms with Crippen molar-refractivity contribution in [1.29, 1.82) is 0 Å². The van der Waals surface area contributed by atoms with Gasteiger partial charge >= 0.3 is 0 Å². The van der Waals surface area contributed by atoms with E-state index in [-0.39, 0.29) is 30.2 Å². The van der Waals surface area contributed by atoms with E-state index in [2.05, 4.69) is 36.3 Å². The number of rotatable bonds is 8. The molecule has 1 heterocycles. The highest BCUT2D eigenvalue weighted by Crippen LogP contribution is 2.48. The largest absolute Gasteiger partial charge is 0.333 e. The summed E-state index contributed by atoms with van der Waals surface area (Å²) in [4.78, 5) is 31.1. The summed E-state index contributed by atoms with van der Waals surface area (Å²) in [5, 5.41) is 5.15. The lowest BCUT2D eigenvalue weighted by Gasteiger charge is -2.23. The van der Waals surface area contributed by atoms with Gasteiger partial charge in [-0.1, -0.05) is 44.2 Å². The van der Waals surface area contributed by atoms with Crippen LogP contribution in [0.4, 0.5) is 5.13 Å². The molecule has 0 bridgehead atoms. The fourth-order valence-corrected chi connectivity index (χ4v) is 3.61. The van der Waals surface area contributed by atoms with E-state index in [0.717, 1.165) is 12.8 Å². The summed E-state index contributed by atoms with van der Waals surface area (Å²) >= 11 is 1.37. The van der Waals surface area contributed by atoms with Gasteiger partial charge in [0.2, 0.25) is 11.8 Å². The Hall–Kier alpha value is -2.21. The van der Waals surface area contributed by atoms with Crippen LogP contribution in [0.3, 0.4) is 0 Å². The summed E-state index contributed by atoms with van der Waals surface area (Å²) in [7, 11) is 0. The van der Waals surface area contributed by atoms with E-state index >= 15 is 0 Å². The van der Waals surface area contributed by atoms with Crippen molar-refractivity contribution in [2.45, 2.75) is 32.6 Å². The Morgan fingerprint density at radius 3 is 2.73 bits per heavy atom. The molecule has 1 aliphatic carbocycles. The summed E-state index contributed by atoms with van der Waals surface area (Å²) < 4.78 is 0. The van der Waals surface area contributed by atoms with Crippen LogP contribution in [-0.2, 0) is 9.59 Å². The molecule has 1 aromatic carbocycles. The highest BCUT2D eigenvalue weighted by atomic mass is 32.1. The van der Waals surface area contributed by atoms with Crippen LogP contribution in [0.2, 0.25) is 0 Å². The van der Waals surface area contributed by atoms with Crippen LogP contribution in [0.1, 0.15) is 38.2 Å². The molecular formula is C20H25N3O2S. The van der Waals surface area contributed by atoms with E-state index < -0.39 is 0 Å². The molecule has 2 atom stereocenters. The van der Waals surface area contributed by atoms with Crippen molar-refractivity contribution in [3.8, 4) is 0 Å². The van der Waals surface area contributed by atoms with Crippen LogP contribution in [0.25, 0.3) is 0 Å². The topological polar surface area (TPSA) is 62.3 Å². The van der Waals surface area contributed by atoms with Gasteiger partial charge in [0.15, 0.2) is 5.13 Å². The predicted molar refractivity (Wildman–Crippen MR) is 104 cm³/mol. The molecule has 1 saturated carbocycles. The Bertz CT molecular complexity index is 731. The third-order valence-corrected chi connectivity index (χ3v) is 5.33. The number of aromatic nitrogens is 1. The lowest BCUT2D eigenvalue weighted by atomic mass is 10.1. The second-order valence-electron chi connectivity index (χ2n) is 7.19. The molecule has 0 radical (unpaired) electrons. The van der Waals surface area contributed by atoms with Crippen molar-refractivity contribution >= 4 is 28.3 Å². The minimum atomic E-state index is -0.186. The number of carbonyl (C=O) groups is 2. The molecule has 1 N–H and O–H groups in total. The number of anilines is 1. The molecule has 138 valence electrons. The molecule has 1 fully saturated rings. The van der Waals surface area contributed by atoms with Gasteiger partial charge in [-0.25, -0.2) is 4.98 Å². The molecule has 1 aliphatic rings. The van der Waals surface area contributed by atoms with Crippen LogP contribution in [0.5, 0.6) is 0 Å². The fraction of sp³-hybridized carbons (Fsp3) is 0.450. The van der Waals surface area contributed by atoms with Gasteiger partial charge in [0, 0.05) is 24.0 Å². The average Bonchev–Trinajstić information content (AvgIpc) is 3.28. The number of nitrogens with zero attached hydrogens (tertiary/aromatic N) is 2. The smallest absolute Gasteiger partial charge is 0.245 e. The summed E-state index contributed by atoms with van der Waals surface area (Å²) in [6.07, 6.45) is 3.41. The van der Waals surface area contributed by atoms with Crippen molar-refractivity contribution in [1.82, 2.24) is 9.88 Å². The highest BCUT2D eigenvalue weighted by Gasteiger charge is 2.45. The van der Waals surface area contributed by atoms with E-state index in [0.29, 0.717) is 17.6 Å². The first-order valence-corrected chi connectivity index (χ1v) is 9.95. The number of hydrogen-bond acceptors (Lipinski definition) is 4. The maximum atomic E-state index is 13.0. The Labute approximate surface area is 158 Å². The molecule has 6 heteroatoms. The normalized spacial score (nSPS) is 18.6.